The number of hydrogen-bond acceptors (Lipinski definition) is 5. The molecule has 0 radical (unpaired) electrons. The first kappa shape index (κ1) is 19.5. The minimum Gasteiger partial charge on any atom is -0.502 e. The molecule has 1 heterocycles. The molecule has 6 heteroatoms. The maximum absolute atomic E-state index is 12.8. The van der Waals surface area contributed by atoms with Crippen LogP contribution in [0.1, 0.15) is 28.8 Å². The Balaban J connectivity index is 1.72. The summed E-state index contributed by atoms with van der Waals surface area (Å²) in [6.45, 7) is 2.27. The number of ketones is 1. The van der Waals surface area contributed by atoms with Crippen LogP contribution in [0.4, 0.5) is 0 Å². The summed E-state index contributed by atoms with van der Waals surface area (Å²) in [5.74, 6) is 0.860. The summed E-state index contributed by atoms with van der Waals surface area (Å²) in [5.41, 5.74) is 1.64. The van der Waals surface area contributed by atoms with E-state index < -0.39 is 0 Å². The monoisotopic (exact) mass is 389 g/mol. The average molecular weight is 390 g/mol. The van der Waals surface area contributed by atoms with Crippen LogP contribution in [0.3, 0.4) is 0 Å². The lowest BCUT2D eigenvalue weighted by molar-refractivity contribution is 0.0811. The molecule has 1 saturated heterocycles. The molecule has 0 aliphatic carbocycles. The quantitative estimate of drug-likeness (QED) is 0.752. The molecule has 27 heavy (non-hydrogen) atoms. The number of carbonyl (C=O) groups excluding carboxylic acids is 1. The molecule has 0 amide bonds. The second-order valence-electron chi connectivity index (χ2n) is 6.80. The topological polar surface area (TPSA) is 59.0 Å². The molecular formula is C21H24ClNO4. The lowest BCUT2D eigenvalue weighted by atomic mass is 9.90. The largest absolute Gasteiger partial charge is 0.502 e. The number of phenols is 1. The molecule has 1 atom stereocenters. The van der Waals surface area contributed by atoms with Gasteiger partial charge in [-0.25, -0.2) is 0 Å². The van der Waals surface area contributed by atoms with Crippen molar-refractivity contribution in [2.75, 3.05) is 27.3 Å². The molecule has 0 spiro atoms. The van der Waals surface area contributed by atoms with E-state index in [1.165, 1.54) is 14.2 Å². The van der Waals surface area contributed by atoms with E-state index in [0.29, 0.717) is 35.2 Å². The van der Waals surface area contributed by atoms with Crippen LogP contribution >= 0.6 is 11.6 Å². The maximum atomic E-state index is 12.8. The first-order chi connectivity index (χ1) is 13.0. The second kappa shape index (κ2) is 8.63. The normalized spacial score (nSPS) is 17.5. The minimum absolute atomic E-state index is 0.00333. The lowest BCUT2D eigenvalue weighted by Gasteiger charge is -2.32. The van der Waals surface area contributed by atoms with Crippen LogP contribution in [0.25, 0.3) is 0 Å². The number of piperidine rings is 1. The van der Waals surface area contributed by atoms with Gasteiger partial charge in [0.1, 0.15) is 0 Å². The van der Waals surface area contributed by atoms with Crippen LogP contribution in [0.5, 0.6) is 17.2 Å². The van der Waals surface area contributed by atoms with Gasteiger partial charge in [0.05, 0.1) is 14.2 Å². The third-order valence-corrected chi connectivity index (χ3v) is 5.17. The van der Waals surface area contributed by atoms with Crippen LogP contribution in [-0.4, -0.2) is 43.1 Å². The van der Waals surface area contributed by atoms with Crippen molar-refractivity contribution in [2.24, 2.45) is 5.92 Å². The molecule has 0 aromatic heterocycles. The van der Waals surface area contributed by atoms with Gasteiger partial charge in [0.25, 0.3) is 0 Å². The van der Waals surface area contributed by atoms with Crippen molar-refractivity contribution < 1.29 is 19.4 Å². The molecular weight excluding hydrogens is 366 g/mol. The average Bonchev–Trinajstić information content (AvgIpc) is 2.68. The number of rotatable bonds is 6. The van der Waals surface area contributed by atoms with Crippen LogP contribution in [0.2, 0.25) is 5.02 Å². The Morgan fingerprint density at radius 3 is 2.56 bits per heavy atom. The third kappa shape index (κ3) is 4.54. The highest BCUT2D eigenvalue weighted by Gasteiger charge is 2.27. The Hall–Kier alpha value is -2.24. The van der Waals surface area contributed by atoms with Crippen molar-refractivity contribution in [1.29, 1.82) is 0 Å². The first-order valence-corrected chi connectivity index (χ1v) is 9.35. The van der Waals surface area contributed by atoms with E-state index in [0.717, 1.165) is 24.9 Å². The van der Waals surface area contributed by atoms with Crippen molar-refractivity contribution in [3.63, 3.8) is 0 Å². The zero-order valence-electron chi connectivity index (χ0n) is 15.6. The van der Waals surface area contributed by atoms with E-state index in [1.54, 1.807) is 24.3 Å². The number of ether oxygens (including phenoxy) is 2. The number of methoxy groups -OCH3 is 2. The van der Waals surface area contributed by atoms with Gasteiger partial charge >= 0.3 is 0 Å². The summed E-state index contributed by atoms with van der Waals surface area (Å²) in [4.78, 5) is 15.1. The van der Waals surface area contributed by atoms with Crippen molar-refractivity contribution in [3.05, 3.63) is 52.5 Å². The summed E-state index contributed by atoms with van der Waals surface area (Å²) in [7, 11) is 3.03. The van der Waals surface area contributed by atoms with Crippen molar-refractivity contribution in [2.45, 2.75) is 19.4 Å². The standard InChI is InChI=1S/C21H24ClNO4/c1-26-18-9-14(10-19(27-2)21(18)25)12-23-8-4-6-16(13-23)20(24)15-5-3-7-17(22)11-15/h3,5,7,9-11,16,25H,4,6,8,12-13H2,1-2H3. The summed E-state index contributed by atoms with van der Waals surface area (Å²) in [6, 6.07) is 10.8. The fourth-order valence-corrected chi connectivity index (χ4v) is 3.78. The van der Waals surface area contributed by atoms with Gasteiger partial charge in [0.2, 0.25) is 5.75 Å². The number of halogens is 1. The highest BCUT2D eigenvalue weighted by atomic mass is 35.5. The summed E-state index contributed by atoms with van der Waals surface area (Å²) in [5, 5.41) is 10.6. The molecule has 5 nitrogen and oxygen atoms in total. The predicted octanol–water partition coefficient (Wildman–Crippen LogP) is 4.16. The summed E-state index contributed by atoms with van der Waals surface area (Å²) in [6.07, 6.45) is 1.84. The van der Waals surface area contributed by atoms with E-state index in [9.17, 15) is 9.90 Å². The minimum atomic E-state index is -0.0434. The molecule has 2 aromatic carbocycles. The predicted molar refractivity (Wildman–Crippen MR) is 105 cm³/mol. The molecule has 0 saturated carbocycles. The Bertz CT molecular complexity index is 799. The van der Waals surface area contributed by atoms with E-state index in [2.05, 4.69) is 4.90 Å². The van der Waals surface area contributed by atoms with Gasteiger partial charge < -0.3 is 14.6 Å². The SMILES string of the molecule is COc1cc(CN2CCCC(C(=O)c3cccc(Cl)c3)C2)cc(OC)c1O. The number of Topliss-reactive ketones (excluding diaryl/α,β-unsaturated/α-hetero) is 1. The molecule has 1 unspecified atom stereocenters. The fraction of sp³-hybridized carbons (Fsp3) is 0.381. The lowest BCUT2D eigenvalue weighted by Crippen LogP contribution is -2.38. The van der Waals surface area contributed by atoms with Gasteiger partial charge in [-0.2, -0.15) is 0 Å². The molecule has 0 bridgehead atoms. The highest BCUT2D eigenvalue weighted by Crippen LogP contribution is 2.37. The van der Waals surface area contributed by atoms with Crippen LogP contribution in [0, 0.1) is 5.92 Å². The van der Waals surface area contributed by atoms with Crippen molar-refractivity contribution >= 4 is 17.4 Å². The zero-order valence-corrected chi connectivity index (χ0v) is 16.3. The van der Waals surface area contributed by atoms with E-state index >= 15 is 0 Å². The maximum Gasteiger partial charge on any atom is 0.200 e. The molecule has 3 rings (SSSR count). The number of hydrogen-bond donors (Lipinski definition) is 1. The molecule has 144 valence electrons. The molecule has 2 aromatic rings. The highest BCUT2D eigenvalue weighted by molar-refractivity contribution is 6.31. The fourth-order valence-electron chi connectivity index (χ4n) is 3.59. The Morgan fingerprint density at radius 2 is 1.93 bits per heavy atom. The molecule has 1 N–H and O–H groups in total. The summed E-state index contributed by atoms with van der Waals surface area (Å²) >= 11 is 6.03. The Morgan fingerprint density at radius 1 is 1.22 bits per heavy atom. The number of nitrogens with zero attached hydrogens (tertiary/aromatic N) is 1. The Labute approximate surface area is 164 Å². The number of carbonyl (C=O) groups is 1. The first-order valence-electron chi connectivity index (χ1n) is 8.97. The number of phenolic OH excluding ortho intramolecular Hbond substituents is 1. The van der Waals surface area contributed by atoms with Crippen molar-refractivity contribution in [3.8, 4) is 17.2 Å². The van der Waals surface area contributed by atoms with Crippen LogP contribution < -0.4 is 9.47 Å². The van der Waals surface area contributed by atoms with E-state index in [4.69, 9.17) is 21.1 Å². The molecule has 1 aliphatic rings. The Kier molecular flexibility index (Phi) is 6.24. The van der Waals surface area contributed by atoms with Gasteiger partial charge in [-0.05, 0) is 49.2 Å². The molecule has 1 aliphatic heterocycles. The van der Waals surface area contributed by atoms with Crippen molar-refractivity contribution in [1.82, 2.24) is 4.90 Å². The van der Waals surface area contributed by atoms with Crippen LogP contribution in [0.15, 0.2) is 36.4 Å². The smallest absolute Gasteiger partial charge is 0.200 e. The van der Waals surface area contributed by atoms with Crippen LogP contribution in [-0.2, 0) is 6.54 Å². The van der Waals surface area contributed by atoms with Gasteiger partial charge in [-0.3, -0.25) is 9.69 Å². The van der Waals surface area contributed by atoms with E-state index in [1.807, 2.05) is 12.1 Å². The van der Waals surface area contributed by atoms with Gasteiger partial charge in [-0.1, -0.05) is 23.7 Å². The zero-order chi connectivity index (χ0) is 19.4. The second-order valence-corrected chi connectivity index (χ2v) is 7.23. The number of benzene rings is 2. The number of likely N-dealkylation sites (tertiary alicyclic amines) is 1. The third-order valence-electron chi connectivity index (χ3n) is 4.93. The van der Waals surface area contributed by atoms with E-state index in [-0.39, 0.29) is 17.5 Å². The van der Waals surface area contributed by atoms with Gasteiger partial charge in [-0.15, -0.1) is 0 Å². The van der Waals surface area contributed by atoms with Gasteiger partial charge in [0, 0.05) is 29.6 Å². The summed E-state index contributed by atoms with van der Waals surface area (Å²) < 4.78 is 10.5. The number of aromatic hydroxyl groups is 1. The molecule has 1 fully saturated rings. The van der Waals surface area contributed by atoms with Gasteiger partial charge in [0.15, 0.2) is 17.3 Å².